The van der Waals surface area contributed by atoms with Crippen molar-refractivity contribution in [3.05, 3.63) is 56.7 Å². The number of nitrogens with zero attached hydrogens (tertiary/aromatic N) is 2. The Bertz CT molecular complexity index is 1010. The van der Waals surface area contributed by atoms with Crippen LogP contribution < -0.4 is 5.56 Å². The molecule has 4 nitrogen and oxygen atoms in total. The fourth-order valence-corrected chi connectivity index (χ4v) is 5.40. The molecular weight excluding hydrogens is 376 g/mol. The van der Waals surface area contributed by atoms with Crippen LogP contribution in [-0.4, -0.2) is 21.4 Å². The predicted molar refractivity (Wildman–Crippen MR) is 113 cm³/mol. The molecule has 0 fully saturated rings. The number of rotatable bonds is 5. The SMILES string of the molecule is CCSc1nc2sc3c(c2c(=O)n1Cc1ccccc1)CC(C(C)C)OC3. The quantitative estimate of drug-likeness (QED) is 0.459. The molecule has 1 aliphatic rings. The minimum absolute atomic E-state index is 0.0849. The molecule has 0 saturated heterocycles. The van der Waals surface area contributed by atoms with E-state index in [2.05, 4.69) is 32.9 Å². The largest absolute Gasteiger partial charge is 0.372 e. The number of hydrogen-bond donors (Lipinski definition) is 0. The van der Waals surface area contributed by atoms with Crippen LogP contribution in [0.1, 0.15) is 36.8 Å². The van der Waals surface area contributed by atoms with Crippen molar-refractivity contribution in [3.8, 4) is 0 Å². The van der Waals surface area contributed by atoms with Crippen LogP contribution in [0.25, 0.3) is 10.2 Å². The van der Waals surface area contributed by atoms with Gasteiger partial charge in [-0.3, -0.25) is 9.36 Å². The second kappa shape index (κ2) is 7.78. The van der Waals surface area contributed by atoms with Crippen LogP contribution >= 0.6 is 23.1 Å². The smallest absolute Gasteiger partial charge is 0.263 e. The minimum Gasteiger partial charge on any atom is -0.372 e. The summed E-state index contributed by atoms with van der Waals surface area (Å²) in [5.41, 5.74) is 2.36. The molecule has 1 aliphatic heterocycles. The average Bonchev–Trinajstić information content (AvgIpc) is 3.03. The molecule has 6 heteroatoms. The van der Waals surface area contributed by atoms with Gasteiger partial charge in [-0.15, -0.1) is 11.3 Å². The highest BCUT2D eigenvalue weighted by Crippen LogP contribution is 2.35. The van der Waals surface area contributed by atoms with Gasteiger partial charge in [0.1, 0.15) is 4.83 Å². The zero-order chi connectivity index (χ0) is 19.0. The Labute approximate surface area is 167 Å². The number of fused-ring (bicyclic) bond motifs is 3. The van der Waals surface area contributed by atoms with E-state index < -0.39 is 0 Å². The van der Waals surface area contributed by atoms with Crippen LogP contribution in [0.15, 0.2) is 40.3 Å². The number of ether oxygens (including phenoxy) is 1. The average molecular weight is 401 g/mol. The van der Waals surface area contributed by atoms with Crippen molar-refractivity contribution in [1.29, 1.82) is 0 Å². The molecular formula is C21H24N2O2S2. The Balaban J connectivity index is 1.86. The van der Waals surface area contributed by atoms with Gasteiger partial charge in [-0.25, -0.2) is 4.98 Å². The third-order valence-corrected chi connectivity index (χ3v) is 6.95. The predicted octanol–water partition coefficient (Wildman–Crippen LogP) is 4.72. The van der Waals surface area contributed by atoms with Gasteiger partial charge >= 0.3 is 0 Å². The van der Waals surface area contributed by atoms with Gasteiger partial charge in [0.25, 0.3) is 5.56 Å². The number of benzene rings is 1. The van der Waals surface area contributed by atoms with Crippen LogP contribution in [0.3, 0.4) is 0 Å². The summed E-state index contributed by atoms with van der Waals surface area (Å²) in [6, 6.07) is 10.1. The zero-order valence-corrected chi connectivity index (χ0v) is 17.5. The van der Waals surface area contributed by atoms with Crippen LogP contribution in [-0.2, 0) is 24.3 Å². The molecule has 0 N–H and O–H groups in total. The van der Waals surface area contributed by atoms with Crippen molar-refractivity contribution < 1.29 is 4.74 Å². The number of hydrogen-bond acceptors (Lipinski definition) is 5. The third-order valence-electron chi connectivity index (χ3n) is 4.99. The van der Waals surface area contributed by atoms with E-state index >= 15 is 0 Å². The first kappa shape index (κ1) is 18.7. The third kappa shape index (κ3) is 3.58. The van der Waals surface area contributed by atoms with Crippen LogP contribution in [0.4, 0.5) is 0 Å². The molecule has 0 amide bonds. The van der Waals surface area contributed by atoms with E-state index in [0.29, 0.717) is 19.1 Å². The Morgan fingerprint density at radius 2 is 2.11 bits per heavy atom. The maximum absolute atomic E-state index is 13.5. The Kier molecular flexibility index (Phi) is 5.39. The highest BCUT2D eigenvalue weighted by molar-refractivity contribution is 7.99. The normalized spacial score (nSPS) is 16.8. The second-order valence-electron chi connectivity index (χ2n) is 7.19. The van der Waals surface area contributed by atoms with E-state index in [1.807, 2.05) is 22.8 Å². The molecule has 27 heavy (non-hydrogen) atoms. The maximum Gasteiger partial charge on any atom is 0.263 e. The summed E-state index contributed by atoms with van der Waals surface area (Å²) in [6.45, 7) is 7.58. The molecule has 2 aromatic heterocycles. The van der Waals surface area contributed by atoms with Crippen molar-refractivity contribution >= 4 is 33.3 Å². The number of aromatic nitrogens is 2. The van der Waals surface area contributed by atoms with E-state index in [4.69, 9.17) is 9.72 Å². The van der Waals surface area contributed by atoms with E-state index in [-0.39, 0.29) is 11.7 Å². The van der Waals surface area contributed by atoms with Crippen LogP contribution in [0.5, 0.6) is 0 Å². The molecule has 1 atom stereocenters. The maximum atomic E-state index is 13.5. The van der Waals surface area contributed by atoms with Crippen molar-refractivity contribution in [2.24, 2.45) is 5.92 Å². The minimum atomic E-state index is 0.0849. The van der Waals surface area contributed by atoms with Crippen molar-refractivity contribution in [3.63, 3.8) is 0 Å². The Hall–Kier alpha value is -1.63. The molecule has 0 saturated carbocycles. The van der Waals surface area contributed by atoms with Gasteiger partial charge in [0, 0.05) is 11.3 Å². The molecule has 4 rings (SSSR count). The van der Waals surface area contributed by atoms with Crippen molar-refractivity contribution in [1.82, 2.24) is 9.55 Å². The van der Waals surface area contributed by atoms with Gasteiger partial charge in [0.05, 0.1) is 24.6 Å². The lowest BCUT2D eigenvalue weighted by Gasteiger charge is -2.26. The highest BCUT2D eigenvalue weighted by atomic mass is 32.2. The topological polar surface area (TPSA) is 44.1 Å². The molecule has 0 aliphatic carbocycles. The molecule has 1 unspecified atom stereocenters. The molecule has 0 radical (unpaired) electrons. The van der Waals surface area contributed by atoms with Gasteiger partial charge in [-0.2, -0.15) is 0 Å². The van der Waals surface area contributed by atoms with Gasteiger partial charge in [0.2, 0.25) is 0 Å². The van der Waals surface area contributed by atoms with Crippen LogP contribution in [0, 0.1) is 5.92 Å². The Morgan fingerprint density at radius 1 is 1.33 bits per heavy atom. The van der Waals surface area contributed by atoms with E-state index in [1.165, 1.54) is 0 Å². The molecule has 142 valence electrons. The highest BCUT2D eigenvalue weighted by Gasteiger charge is 2.28. The first-order valence-electron chi connectivity index (χ1n) is 9.41. The van der Waals surface area contributed by atoms with E-state index in [0.717, 1.165) is 43.6 Å². The molecule has 0 bridgehead atoms. The first-order valence-corrected chi connectivity index (χ1v) is 11.2. The monoisotopic (exact) mass is 400 g/mol. The zero-order valence-electron chi connectivity index (χ0n) is 15.9. The summed E-state index contributed by atoms with van der Waals surface area (Å²) < 4.78 is 7.85. The fraction of sp³-hybridized carbons (Fsp3) is 0.429. The summed E-state index contributed by atoms with van der Waals surface area (Å²) >= 11 is 3.25. The van der Waals surface area contributed by atoms with E-state index in [1.54, 1.807) is 23.1 Å². The summed E-state index contributed by atoms with van der Waals surface area (Å²) in [5, 5.41) is 1.61. The van der Waals surface area contributed by atoms with Crippen molar-refractivity contribution in [2.75, 3.05) is 5.75 Å². The van der Waals surface area contributed by atoms with Crippen molar-refractivity contribution in [2.45, 2.75) is 51.6 Å². The number of thiophene rings is 1. The Morgan fingerprint density at radius 3 is 2.81 bits per heavy atom. The molecule has 3 heterocycles. The lowest BCUT2D eigenvalue weighted by molar-refractivity contribution is 0.00200. The van der Waals surface area contributed by atoms with Gasteiger partial charge in [-0.1, -0.05) is 62.9 Å². The van der Waals surface area contributed by atoms with E-state index in [9.17, 15) is 4.79 Å². The van der Waals surface area contributed by atoms with Gasteiger partial charge in [-0.05, 0) is 22.8 Å². The summed E-state index contributed by atoms with van der Waals surface area (Å²) in [6.07, 6.45) is 0.970. The molecule has 3 aromatic rings. The number of thioether (sulfide) groups is 1. The standard InChI is InChI=1S/C21H24N2O2S2/c1-4-26-21-22-19-18(15-10-16(13(2)3)25-12-17(15)27-19)20(24)23(21)11-14-8-6-5-7-9-14/h5-9,13,16H,4,10-12H2,1-3H3. The van der Waals surface area contributed by atoms with Gasteiger partial charge in [0.15, 0.2) is 5.16 Å². The second-order valence-corrected chi connectivity index (χ2v) is 9.50. The summed E-state index contributed by atoms with van der Waals surface area (Å²) in [7, 11) is 0. The lowest BCUT2D eigenvalue weighted by atomic mass is 9.96. The molecule has 1 aromatic carbocycles. The summed E-state index contributed by atoms with van der Waals surface area (Å²) in [4.78, 5) is 20.4. The summed E-state index contributed by atoms with van der Waals surface area (Å²) in [5.74, 6) is 1.32. The van der Waals surface area contributed by atoms with Gasteiger partial charge < -0.3 is 4.74 Å². The van der Waals surface area contributed by atoms with Crippen LogP contribution in [0.2, 0.25) is 0 Å². The fourth-order valence-electron chi connectivity index (χ4n) is 3.51. The lowest BCUT2D eigenvalue weighted by Crippen LogP contribution is -2.28. The first-order chi connectivity index (χ1) is 13.1. The molecule has 0 spiro atoms.